The van der Waals surface area contributed by atoms with Gasteiger partial charge in [0, 0.05) is 12.6 Å². The van der Waals surface area contributed by atoms with Crippen LogP contribution in [-0.2, 0) is 11.8 Å². The van der Waals surface area contributed by atoms with E-state index in [0.717, 1.165) is 11.8 Å². The quantitative estimate of drug-likeness (QED) is 0.879. The first-order valence-electron chi connectivity index (χ1n) is 5.18. The lowest BCUT2D eigenvalue weighted by atomic mass is 10.2. The zero-order chi connectivity index (χ0) is 14.0. The molecule has 1 N–H and O–H groups in total. The Balaban J connectivity index is 2.28. The van der Waals surface area contributed by atoms with Crippen LogP contribution in [0.15, 0.2) is 23.4 Å². The number of hydrogen-bond acceptors (Lipinski definition) is 4. The first-order chi connectivity index (χ1) is 8.97. The summed E-state index contributed by atoms with van der Waals surface area (Å²) in [5.74, 6) is -1.27. The van der Waals surface area contributed by atoms with E-state index in [2.05, 4.69) is 10.1 Å². The maximum atomic E-state index is 13.3. The van der Waals surface area contributed by atoms with Crippen LogP contribution in [0.4, 0.5) is 4.39 Å². The Hall–Kier alpha value is -1.60. The fourth-order valence-corrected chi connectivity index (χ4v) is 2.13. The molecule has 0 spiro atoms. The maximum absolute atomic E-state index is 13.3. The Morgan fingerprint density at radius 1 is 1.58 bits per heavy atom. The number of aryl methyl sites for hydroxylation is 1. The normalized spacial score (nSPS) is 10.7. The van der Waals surface area contributed by atoms with E-state index in [1.165, 1.54) is 16.8 Å². The number of aromatic nitrogens is 3. The summed E-state index contributed by atoms with van der Waals surface area (Å²) in [6.45, 7) is 0. The predicted molar refractivity (Wildman–Crippen MR) is 69.8 cm³/mol. The topological polar surface area (TPSA) is 68.0 Å². The third kappa shape index (κ3) is 3.24. The molecule has 100 valence electrons. The fourth-order valence-electron chi connectivity index (χ4n) is 1.38. The Bertz CT molecular complexity index is 632. The molecular formula is C11H9ClFN3O2S. The van der Waals surface area contributed by atoms with Crippen molar-refractivity contribution in [1.29, 1.82) is 0 Å². The molecule has 0 saturated carbocycles. The highest BCUT2D eigenvalue weighted by Gasteiger charge is 2.12. The second-order valence-corrected chi connectivity index (χ2v) is 5.00. The average Bonchev–Trinajstić information content (AvgIpc) is 2.71. The van der Waals surface area contributed by atoms with Gasteiger partial charge in [0.15, 0.2) is 11.0 Å². The van der Waals surface area contributed by atoms with Gasteiger partial charge in [0.2, 0.25) is 0 Å². The fraction of sp³-hybridized carbons (Fsp3) is 0.182. The zero-order valence-electron chi connectivity index (χ0n) is 9.80. The van der Waals surface area contributed by atoms with Crippen molar-refractivity contribution in [3.8, 4) is 11.4 Å². The molecular weight excluding hydrogens is 293 g/mol. The number of carboxylic acids is 1. The summed E-state index contributed by atoms with van der Waals surface area (Å²) in [6, 6.07) is 4.27. The number of rotatable bonds is 4. The minimum absolute atomic E-state index is 0.0279. The van der Waals surface area contributed by atoms with Crippen LogP contribution in [0.25, 0.3) is 11.4 Å². The number of carbonyl (C=O) groups is 1. The van der Waals surface area contributed by atoms with E-state index in [0.29, 0.717) is 16.5 Å². The van der Waals surface area contributed by atoms with Crippen LogP contribution in [0.2, 0.25) is 5.02 Å². The van der Waals surface area contributed by atoms with Gasteiger partial charge in [-0.1, -0.05) is 23.4 Å². The van der Waals surface area contributed by atoms with E-state index in [4.69, 9.17) is 16.7 Å². The Morgan fingerprint density at radius 3 is 2.95 bits per heavy atom. The van der Waals surface area contributed by atoms with E-state index in [-0.39, 0.29) is 10.8 Å². The number of aliphatic carboxylic acids is 1. The van der Waals surface area contributed by atoms with Crippen molar-refractivity contribution in [2.45, 2.75) is 5.16 Å². The van der Waals surface area contributed by atoms with Gasteiger partial charge < -0.3 is 5.11 Å². The highest BCUT2D eigenvalue weighted by atomic mass is 35.5. The maximum Gasteiger partial charge on any atom is 0.313 e. The zero-order valence-corrected chi connectivity index (χ0v) is 11.4. The molecule has 0 atom stereocenters. The van der Waals surface area contributed by atoms with Gasteiger partial charge in [-0.25, -0.2) is 14.1 Å². The van der Waals surface area contributed by atoms with Crippen LogP contribution < -0.4 is 0 Å². The molecule has 0 amide bonds. The van der Waals surface area contributed by atoms with Crippen LogP contribution in [0.3, 0.4) is 0 Å². The average molecular weight is 302 g/mol. The number of halogens is 2. The van der Waals surface area contributed by atoms with Crippen molar-refractivity contribution < 1.29 is 14.3 Å². The lowest BCUT2D eigenvalue weighted by Gasteiger charge is -1.96. The molecule has 0 radical (unpaired) electrons. The third-order valence-electron chi connectivity index (χ3n) is 2.23. The highest BCUT2D eigenvalue weighted by molar-refractivity contribution is 7.99. The van der Waals surface area contributed by atoms with Gasteiger partial charge in [-0.3, -0.25) is 4.79 Å². The summed E-state index contributed by atoms with van der Waals surface area (Å²) < 4.78 is 14.8. The molecule has 8 heteroatoms. The summed E-state index contributed by atoms with van der Waals surface area (Å²) >= 11 is 6.65. The SMILES string of the molecule is Cn1nc(-c2ccc(Cl)c(F)c2)nc1SCC(=O)O. The first-order valence-corrected chi connectivity index (χ1v) is 6.55. The van der Waals surface area contributed by atoms with Gasteiger partial charge in [0.1, 0.15) is 5.82 Å². The second kappa shape index (κ2) is 5.58. The summed E-state index contributed by atoms with van der Waals surface area (Å²) in [5.41, 5.74) is 0.486. The van der Waals surface area contributed by atoms with Gasteiger partial charge in [-0.15, -0.1) is 0 Å². The van der Waals surface area contributed by atoms with Gasteiger partial charge in [0.05, 0.1) is 10.8 Å². The van der Waals surface area contributed by atoms with Crippen LogP contribution >= 0.6 is 23.4 Å². The largest absolute Gasteiger partial charge is 0.481 e. The van der Waals surface area contributed by atoms with Gasteiger partial charge in [0.25, 0.3) is 0 Å². The van der Waals surface area contributed by atoms with Crippen molar-refractivity contribution in [2.75, 3.05) is 5.75 Å². The lowest BCUT2D eigenvalue weighted by Crippen LogP contribution is -2.00. The Kier molecular flexibility index (Phi) is 4.06. The summed E-state index contributed by atoms with van der Waals surface area (Å²) in [5, 5.41) is 13.2. The molecule has 1 aromatic carbocycles. The van der Waals surface area contributed by atoms with Crippen molar-refractivity contribution in [1.82, 2.24) is 14.8 Å². The molecule has 0 unspecified atom stereocenters. The first kappa shape index (κ1) is 13.8. The predicted octanol–water partition coefficient (Wildman–Crippen LogP) is 2.45. The molecule has 1 heterocycles. The second-order valence-electron chi connectivity index (χ2n) is 3.65. The number of hydrogen-bond donors (Lipinski definition) is 1. The molecule has 19 heavy (non-hydrogen) atoms. The van der Waals surface area contributed by atoms with Crippen molar-refractivity contribution in [3.63, 3.8) is 0 Å². The summed E-state index contributed by atoms with van der Waals surface area (Å²) in [7, 11) is 1.65. The summed E-state index contributed by atoms with van der Waals surface area (Å²) in [6.07, 6.45) is 0. The Labute approximate surface area is 117 Å². The standard InChI is InChI=1S/C11H9ClFN3O2S/c1-16-11(19-5-9(17)18)14-10(15-16)6-2-3-7(12)8(13)4-6/h2-4H,5H2,1H3,(H,17,18). The smallest absolute Gasteiger partial charge is 0.313 e. The van der Waals surface area contributed by atoms with Gasteiger partial charge >= 0.3 is 5.97 Å². The molecule has 0 aliphatic heterocycles. The number of nitrogens with zero attached hydrogens (tertiary/aromatic N) is 3. The molecule has 0 bridgehead atoms. The molecule has 0 saturated heterocycles. The minimum atomic E-state index is -0.938. The molecule has 0 aliphatic rings. The number of thioether (sulfide) groups is 1. The van der Waals surface area contributed by atoms with Crippen LogP contribution in [0.1, 0.15) is 0 Å². The van der Waals surface area contributed by atoms with Crippen molar-refractivity contribution in [2.24, 2.45) is 7.05 Å². The summed E-state index contributed by atoms with van der Waals surface area (Å²) in [4.78, 5) is 14.7. The Morgan fingerprint density at radius 2 is 2.32 bits per heavy atom. The van der Waals surface area contributed by atoms with Crippen LogP contribution in [0, 0.1) is 5.82 Å². The molecule has 2 aromatic rings. The number of carboxylic acid groups (broad SMARTS) is 1. The third-order valence-corrected chi connectivity index (χ3v) is 3.54. The van der Waals surface area contributed by atoms with E-state index >= 15 is 0 Å². The lowest BCUT2D eigenvalue weighted by molar-refractivity contribution is -0.133. The van der Waals surface area contributed by atoms with E-state index in [9.17, 15) is 9.18 Å². The number of benzene rings is 1. The van der Waals surface area contributed by atoms with Crippen LogP contribution in [0.5, 0.6) is 0 Å². The van der Waals surface area contributed by atoms with Crippen molar-refractivity contribution >= 4 is 29.3 Å². The van der Waals surface area contributed by atoms with Crippen LogP contribution in [-0.4, -0.2) is 31.6 Å². The highest BCUT2D eigenvalue weighted by Crippen LogP contribution is 2.24. The molecule has 5 nitrogen and oxygen atoms in total. The van der Waals surface area contributed by atoms with E-state index < -0.39 is 11.8 Å². The molecule has 0 fully saturated rings. The molecule has 0 aliphatic carbocycles. The van der Waals surface area contributed by atoms with E-state index in [1.54, 1.807) is 13.1 Å². The molecule has 2 rings (SSSR count). The van der Waals surface area contributed by atoms with Gasteiger partial charge in [-0.05, 0) is 18.2 Å². The van der Waals surface area contributed by atoms with Gasteiger partial charge in [-0.2, -0.15) is 5.10 Å². The minimum Gasteiger partial charge on any atom is -0.481 e. The van der Waals surface area contributed by atoms with Crippen molar-refractivity contribution in [3.05, 3.63) is 29.0 Å². The molecule has 1 aromatic heterocycles. The monoisotopic (exact) mass is 301 g/mol. The van der Waals surface area contributed by atoms with E-state index in [1.807, 2.05) is 0 Å².